The van der Waals surface area contributed by atoms with Crippen LogP contribution in [0.3, 0.4) is 0 Å². The van der Waals surface area contributed by atoms with E-state index in [-0.39, 0.29) is 11.7 Å². The van der Waals surface area contributed by atoms with Crippen LogP contribution in [0.4, 0.5) is 0 Å². The molecule has 1 fully saturated rings. The molecule has 92 valence electrons. The first-order valence-corrected chi connectivity index (χ1v) is 5.59. The first-order valence-electron chi connectivity index (χ1n) is 5.59. The van der Waals surface area contributed by atoms with Gasteiger partial charge in [-0.3, -0.25) is 4.79 Å². The van der Waals surface area contributed by atoms with Crippen LogP contribution in [0.25, 0.3) is 0 Å². The van der Waals surface area contributed by atoms with E-state index in [1.54, 1.807) is 32.4 Å². The van der Waals surface area contributed by atoms with Crippen LogP contribution in [0.5, 0.6) is 11.5 Å². The van der Waals surface area contributed by atoms with Crippen LogP contribution in [-0.2, 0) is 4.74 Å². The highest BCUT2D eigenvalue weighted by atomic mass is 16.5. The van der Waals surface area contributed by atoms with Gasteiger partial charge in [0.05, 0.1) is 20.8 Å². The summed E-state index contributed by atoms with van der Waals surface area (Å²) in [5, 5.41) is 0. The number of rotatable bonds is 4. The van der Waals surface area contributed by atoms with E-state index in [2.05, 4.69) is 0 Å². The van der Waals surface area contributed by atoms with Crippen molar-refractivity contribution < 1.29 is 19.0 Å². The van der Waals surface area contributed by atoms with Gasteiger partial charge in [0.2, 0.25) is 0 Å². The molecule has 1 atom stereocenters. The number of methoxy groups -OCH3 is 2. The van der Waals surface area contributed by atoms with Crippen molar-refractivity contribution in [1.82, 2.24) is 0 Å². The zero-order valence-electron chi connectivity index (χ0n) is 10.1. The Morgan fingerprint density at radius 1 is 1.24 bits per heavy atom. The molecule has 1 aliphatic heterocycles. The average Bonchev–Trinajstić information content (AvgIpc) is 2.91. The van der Waals surface area contributed by atoms with Crippen LogP contribution < -0.4 is 9.47 Å². The van der Waals surface area contributed by atoms with Crippen LogP contribution in [0, 0.1) is 5.92 Å². The van der Waals surface area contributed by atoms with Gasteiger partial charge in [0.25, 0.3) is 0 Å². The number of carbonyl (C=O) groups excluding carboxylic acids is 1. The molecule has 0 aromatic heterocycles. The van der Waals surface area contributed by atoms with Crippen molar-refractivity contribution in [3.63, 3.8) is 0 Å². The Labute approximate surface area is 100 Å². The molecule has 4 nitrogen and oxygen atoms in total. The number of hydrogen-bond donors (Lipinski definition) is 0. The van der Waals surface area contributed by atoms with Crippen molar-refractivity contribution in [2.75, 3.05) is 27.4 Å². The number of Topliss-reactive ketones (excluding diaryl/α,β-unsaturated/α-hetero) is 1. The molecule has 0 amide bonds. The Morgan fingerprint density at radius 3 is 2.35 bits per heavy atom. The molecular weight excluding hydrogens is 220 g/mol. The summed E-state index contributed by atoms with van der Waals surface area (Å²) in [6.07, 6.45) is 0.790. The molecule has 2 rings (SSSR count). The standard InChI is InChI=1S/C13H16O4/c1-15-11-5-10(6-12(7-11)16-2)13(14)9-3-4-17-8-9/h5-7,9H,3-4,8H2,1-2H3. The van der Waals surface area contributed by atoms with Gasteiger partial charge < -0.3 is 14.2 Å². The number of ether oxygens (including phenoxy) is 3. The SMILES string of the molecule is COc1cc(OC)cc(C(=O)C2CCOC2)c1. The lowest BCUT2D eigenvalue weighted by molar-refractivity contribution is 0.0899. The number of carbonyl (C=O) groups is 1. The molecule has 1 heterocycles. The van der Waals surface area contributed by atoms with Crippen molar-refractivity contribution in [1.29, 1.82) is 0 Å². The summed E-state index contributed by atoms with van der Waals surface area (Å²) in [5.41, 5.74) is 0.622. The number of ketones is 1. The highest BCUT2D eigenvalue weighted by molar-refractivity contribution is 5.98. The summed E-state index contributed by atoms with van der Waals surface area (Å²) in [6, 6.07) is 5.23. The molecule has 4 heteroatoms. The lowest BCUT2D eigenvalue weighted by atomic mass is 9.97. The summed E-state index contributed by atoms with van der Waals surface area (Å²) in [6.45, 7) is 1.18. The molecule has 0 aliphatic carbocycles. The predicted molar refractivity (Wildman–Crippen MR) is 62.8 cm³/mol. The minimum Gasteiger partial charge on any atom is -0.497 e. The predicted octanol–water partition coefficient (Wildman–Crippen LogP) is 1.92. The van der Waals surface area contributed by atoms with E-state index in [0.717, 1.165) is 6.42 Å². The topological polar surface area (TPSA) is 44.8 Å². The normalized spacial score (nSPS) is 19.1. The zero-order chi connectivity index (χ0) is 12.3. The summed E-state index contributed by atoms with van der Waals surface area (Å²) >= 11 is 0. The molecule has 1 saturated heterocycles. The largest absolute Gasteiger partial charge is 0.497 e. The summed E-state index contributed by atoms with van der Waals surface area (Å²) in [5.74, 6) is 1.32. The first-order chi connectivity index (χ1) is 8.24. The average molecular weight is 236 g/mol. The van der Waals surface area contributed by atoms with Crippen molar-refractivity contribution in [3.05, 3.63) is 23.8 Å². The van der Waals surface area contributed by atoms with Crippen LogP contribution in [0.2, 0.25) is 0 Å². The Morgan fingerprint density at radius 2 is 1.88 bits per heavy atom. The van der Waals surface area contributed by atoms with Gasteiger partial charge in [-0.1, -0.05) is 0 Å². The van der Waals surface area contributed by atoms with Crippen molar-refractivity contribution >= 4 is 5.78 Å². The lowest BCUT2D eigenvalue weighted by Gasteiger charge is -2.10. The van der Waals surface area contributed by atoms with E-state index in [1.807, 2.05) is 0 Å². The maximum absolute atomic E-state index is 12.2. The second-order valence-corrected chi connectivity index (χ2v) is 4.03. The molecule has 0 spiro atoms. The van der Waals surface area contributed by atoms with Crippen molar-refractivity contribution in [2.45, 2.75) is 6.42 Å². The second kappa shape index (κ2) is 5.19. The molecular formula is C13H16O4. The van der Waals surface area contributed by atoms with Crippen LogP contribution in [0.15, 0.2) is 18.2 Å². The molecule has 1 unspecified atom stereocenters. The fourth-order valence-electron chi connectivity index (χ4n) is 1.93. The maximum Gasteiger partial charge on any atom is 0.168 e. The smallest absolute Gasteiger partial charge is 0.168 e. The highest BCUT2D eigenvalue weighted by Crippen LogP contribution is 2.26. The van der Waals surface area contributed by atoms with Crippen LogP contribution >= 0.6 is 0 Å². The molecule has 0 bridgehead atoms. The minimum atomic E-state index is -0.0354. The number of hydrogen-bond acceptors (Lipinski definition) is 4. The van der Waals surface area contributed by atoms with Gasteiger partial charge in [-0.2, -0.15) is 0 Å². The minimum absolute atomic E-state index is 0.0354. The third kappa shape index (κ3) is 2.58. The second-order valence-electron chi connectivity index (χ2n) is 4.03. The Hall–Kier alpha value is -1.55. The zero-order valence-corrected chi connectivity index (χ0v) is 10.1. The van der Waals surface area contributed by atoms with Crippen LogP contribution in [-0.4, -0.2) is 33.2 Å². The van der Waals surface area contributed by atoms with E-state index in [0.29, 0.717) is 30.3 Å². The van der Waals surface area contributed by atoms with Gasteiger partial charge >= 0.3 is 0 Å². The third-order valence-electron chi connectivity index (χ3n) is 2.94. The van der Waals surface area contributed by atoms with Crippen molar-refractivity contribution in [3.8, 4) is 11.5 Å². The van der Waals surface area contributed by atoms with Gasteiger partial charge in [-0.05, 0) is 18.6 Å². The monoisotopic (exact) mass is 236 g/mol. The molecule has 17 heavy (non-hydrogen) atoms. The lowest BCUT2D eigenvalue weighted by Crippen LogP contribution is -2.14. The van der Waals surface area contributed by atoms with E-state index < -0.39 is 0 Å². The molecule has 1 aromatic rings. The Kier molecular flexibility index (Phi) is 3.64. The van der Waals surface area contributed by atoms with Gasteiger partial charge in [0, 0.05) is 24.2 Å². The summed E-state index contributed by atoms with van der Waals surface area (Å²) in [7, 11) is 3.14. The molecule has 0 saturated carbocycles. The third-order valence-corrected chi connectivity index (χ3v) is 2.94. The van der Waals surface area contributed by atoms with Gasteiger partial charge in [0.15, 0.2) is 5.78 Å². The number of benzene rings is 1. The summed E-state index contributed by atoms with van der Waals surface area (Å²) in [4.78, 5) is 12.2. The van der Waals surface area contributed by atoms with E-state index in [1.165, 1.54) is 0 Å². The Bertz CT molecular complexity index is 386. The van der Waals surface area contributed by atoms with Gasteiger partial charge in [-0.25, -0.2) is 0 Å². The van der Waals surface area contributed by atoms with Crippen molar-refractivity contribution in [2.24, 2.45) is 5.92 Å². The summed E-state index contributed by atoms with van der Waals surface area (Å²) < 4.78 is 15.5. The quantitative estimate of drug-likeness (QED) is 0.749. The highest BCUT2D eigenvalue weighted by Gasteiger charge is 2.25. The molecule has 1 aromatic carbocycles. The Balaban J connectivity index is 2.26. The molecule has 0 N–H and O–H groups in total. The van der Waals surface area contributed by atoms with E-state index in [4.69, 9.17) is 14.2 Å². The van der Waals surface area contributed by atoms with Crippen LogP contribution in [0.1, 0.15) is 16.8 Å². The first kappa shape index (κ1) is 11.9. The van der Waals surface area contributed by atoms with Gasteiger partial charge in [-0.15, -0.1) is 0 Å². The fourth-order valence-corrected chi connectivity index (χ4v) is 1.93. The van der Waals surface area contributed by atoms with Gasteiger partial charge in [0.1, 0.15) is 11.5 Å². The maximum atomic E-state index is 12.2. The molecule has 1 aliphatic rings. The van der Waals surface area contributed by atoms with E-state index >= 15 is 0 Å². The van der Waals surface area contributed by atoms with E-state index in [9.17, 15) is 4.79 Å². The molecule has 0 radical (unpaired) electrons. The fraction of sp³-hybridized carbons (Fsp3) is 0.462.